The molecule has 58 valence electrons. The molecule has 1 saturated carbocycles. The quantitative estimate of drug-likeness (QED) is 0.569. The first-order valence-corrected chi connectivity index (χ1v) is 4.01. The monoisotopic (exact) mass is 140 g/mol. The highest BCUT2D eigenvalue weighted by molar-refractivity contribution is 5.79. The molecule has 10 heavy (non-hydrogen) atoms. The Kier molecular flexibility index (Phi) is 2.44. The van der Waals surface area contributed by atoms with E-state index in [1.807, 2.05) is 6.92 Å². The molecule has 0 saturated heterocycles. The van der Waals surface area contributed by atoms with Crippen molar-refractivity contribution in [3.05, 3.63) is 0 Å². The molecule has 0 aromatic rings. The van der Waals surface area contributed by atoms with Crippen LogP contribution in [0.15, 0.2) is 0 Å². The van der Waals surface area contributed by atoms with Crippen LogP contribution in [0.4, 0.5) is 0 Å². The maximum absolute atomic E-state index is 7.26. The zero-order valence-corrected chi connectivity index (χ0v) is 6.78. The van der Waals surface area contributed by atoms with E-state index in [2.05, 4.69) is 12.2 Å². The normalized spacial score (nSPS) is 30.2. The zero-order chi connectivity index (χ0) is 7.56. The second kappa shape index (κ2) is 3.15. The van der Waals surface area contributed by atoms with Crippen LogP contribution in [0, 0.1) is 11.3 Å². The van der Waals surface area contributed by atoms with Crippen LogP contribution < -0.4 is 5.32 Å². The van der Waals surface area contributed by atoms with Crippen LogP contribution in [0.25, 0.3) is 0 Å². The molecule has 0 spiro atoms. The summed E-state index contributed by atoms with van der Waals surface area (Å²) in [6, 6.07) is 0.727. The third-order valence-corrected chi connectivity index (χ3v) is 1.96. The molecule has 0 aromatic carbocycles. The van der Waals surface area contributed by atoms with Crippen LogP contribution >= 0.6 is 0 Å². The fourth-order valence-corrected chi connectivity index (χ4v) is 1.38. The van der Waals surface area contributed by atoms with E-state index >= 15 is 0 Å². The van der Waals surface area contributed by atoms with E-state index in [4.69, 9.17) is 5.41 Å². The van der Waals surface area contributed by atoms with Gasteiger partial charge in [0.15, 0.2) is 0 Å². The molecular formula is C8H16N2. The van der Waals surface area contributed by atoms with Crippen molar-refractivity contribution in [2.45, 2.75) is 32.7 Å². The van der Waals surface area contributed by atoms with Gasteiger partial charge in [0, 0.05) is 11.8 Å². The van der Waals surface area contributed by atoms with Crippen molar-refractivity contribution in [2.75, 3.05) is 6.54 Å². The van der Waals surface area contributed by atoms with Gasteiger partial charge in [0.25, 0.3) is 0 Å². The Hall–Kier alpha value is -0.370. The second-order valence-corrected chi connectivity index (χ2v) is 3.14. The largest absolute Gasteiger partial charge is 0.314 e. The fraction of sp³-hybridized carbons (Fsp3) is 0.875. The Bertz CT molecular complexity index is 131. The Balaban J connectivity index is 2.07. The van der Waals surface area contributed by atoms with Crippen LogP contribution in [-0.2, 0) is 0 Å². The van der Waals surface area contributed by atoms with Gasteiger partial charge in [-0.3, -0.25) is 0 Å². The molecule has 0 heterocycles. The lowest BCUT2D eigenvalue weighted by Crippen LogP contribution is -2.17. The zero-order valence-electron chi connectivity index (χ0n) is 6.78. The highest BCUT2D eigenvalue weighted by Gasteiger charge is 2.35. The summed E-state index contributed by atoms with van der Waals surface area (Å²) in [6.07, 6.45) is 2.28. The van der Waals surface area contributed by atoms with Gasteiger partial charge in [-0.25, -0.2) is 0 Å². The molecule has 0 radical (unpaired) electrons. The number of hydrogen-bond donors (Lipinski definition) is 2. The average molecular weight is 140 g/mol. The van der Waals surface area contributed by atoms with E-state index in [1.165, 1.54) is 6.42 Å². The van der Waals surface area contributed by atoms with Crippen molar-refractivity contribution in [1.29, 1.82) is 5.41 Å². The highest BCUT2D eigenvalue weighted by Crippen LogP contribution is 2.33. The lowest BCUT2D eigenvalue weighted by Gasteiger charge is -1.97. The molecule has 1 aliphatic rings. The van der Waals surface area contributed by atoms with E-state index in [9.17, 15) is 0 Å². The SMILES string of the molecule is CCN[C@H]1C[C@H]1CC(C)=N. The summed E-state index contributed by atoms with van der Waals surface area (Å²) in [5.41, 5.74) is 0.824. The summed E-state index contributed by atoms with van der Waals surface area (Å²) < 4.78 is 0. The first-order valence-electron chi connectivity index (χ1n) is 4.01. The third kappa shape index (κ3) is 2.10. The van der Waals surface area contributed by atoms with Gasteiger partial charge in [-0.1, -0.05) is 6.92 Å². The molecule has 0 aliphatic heterocycles. The third-order valence-electron chi connectivity index (χ3n) is 1.96. The van der Waals surface area contributed by atoms with Crippen molar-refractivity contribution in [2.24, 2.45) is 5.92 Å². The van der Waals surface area contributed by atoms with Crippen LogP contribution in [0.2, 0.25) is 0 Å². The predicted octanol–water partition coefficient (Wildman–Crippen LogP) is 1.41. The van der Waals surface area contributed by atoms with Crippen molar-refractivity contribution >= 4 is 5.71 Å². The van der Waals surface area contributed by atoms with E-state index in [-0.39, 0.29) is 0 Å². The molecular weight excluding hydrogens is 124 g/mol. The first kappa shape index (κ1) is 7.73. The van der Waals surface area contributed by atoms with Gasteiger partial charge in [0.05, 0.1) is 0 Å². The molecule has 1 rings (SSSR count). The Labute approximate surface area is 62.5 Å². The Morgan fingerprint density at radius 3 is 2.90 bits per heavy atom. The number of hydrogen-bond acceptors (Lipinski definition) is 2. The molecule has 0 aromatic heterocycles. The predicted molar refractivity (Wildman–Crippen MR) is 43.6 cm³/mol. The topological polar surface area (TPSA) is 35.9 Å². The smallest absolute Gasteiger partial charge is 0.0103 e. The molecule has 0 bridgehead atoms. The van der Waals surface area contributed by atoms with Gasteiger partial charge in [-0.05, 0) is 32.2 Å². The summed E-state index contributed by atoms with van der Waals surface area (Å²) in [6.45, 7) is 5.09. The maximum atomic E-state index is 7.26. The average Bonchev–Trinajstić information content (AvgIpc) is 2.47. The summed E-state index contributed by atoms with van der Waals surface area (Å²) >= 11 is 0. The van der Waals surface area contributed by atoms with Gasteiger partial charge in [0.1, 0.15) is 0 Å². The molecule has 2 N–H and O–H groups in total. The van der Waals surface area contributed by atoms with Gasteiger partial charge >= 0.3 is 0 Å². The molecule has 1 aliphatic carbocycles. The van der Waals surface area contributed by atoms with E-state index in [0.717, 1.165) is 30.6 Å². The van der Waals surface area contributed by atoms with E-state index in [1.54, 1.807) is 0 Å². The summed E-state index contributed by atoms with van der Waals surface area (Å²) in [4.78, 5) is 0. The van der Waals surface area contributed by atoms with Crippen LogP contribution in [0.5, 0.6) is 0 Å². The van der Waals surface area contributed by atoms with Crippen molar-refractivity contribution in [3.63, 3.8) is 0 Å². The van der Waals surface area contributed by atoms with E-state index < -0.39 is 0 Å². The van der Waals surface area contributed by atoms with E-state index in [0.29, 0.717) is 0 Å². The van der Waals surface area contributed by atoms with Crippen molar-refractivity contribution in [3.8, 4) is 0 Å². The molecule has 2 heteroatoms. The number of nitrogens with one attached hydrogen (secondary N) is 2. The van der Waals surface area contributed by atoms with Crippen LogP contribution in [0.1, 0.15) is 26.7 Å². The highest BCUT2D eigenvalue weighted by atomic mass is 15.0. The van der Waals surface area contributed by atoms with Gasteiger partial charge in [0.2, 0.25) is 0 Å². The molecule has 0 amide bonds. The minimum atomic E-state index is 0.727. The lowest BCUT2D eigenvalue weighted by atomic mass is 10.2. The van der Waals surface area contributed by atoms with Gasteiger partial charge in [-0.2, -0.15) is 0 Å². The van der Waals surface area contributed by atoms with Crippen LogP contribution in [0.3, 0.4) is 0 Å². The first-order chi connectivity index (χ1) is 4.74. The standard InChI is InChI=1S/C8H16N2/c1-3-10-8-5-7(8)4-6(2)9/h7-10H,3-5H2,1-2H3/t7-,8+/m1/s1. The van der Waals surface area contributed by atoms with Crippen molar-refractivity contribution in [1.82, 2.24) is 5.32 Å². The molecule has 1 fully saturated rings. The number of rotatable bonds is 4. The van der Waals surface area contributed by atoms with Gasteiger partial charge < -0.3 is 10.7 Å². The summed E-state index contributed by atoms with van der Waals surface area (Å²) in [5.74, 6) is 0.775. The maximum Gasteiger partial charge on any atom is 0.0103 e. The lowest BCUT2D eigenvalue weighted by molar-refractivity contribution is 0.665. The van der Waals surface area contributed by atoms with Crippen molar-refractivity contribution < 1.29 is 0 Å². The van der Waals surface area contributed by atoms with Crippen LogP contribution in [-0.4, -0.2) is 18.3 Å². The summed E-state index contributed by atoms with van der Waals surface area (Å²) in [5, 5.41) is 10.6. The minimum absolute atomic E-state index is 0.727. The Morgan fingerprint density at radius 2 is 2.40 bits per heavy atom. The molecule has 0 unspecified atom stereocenters. The molecule has 2 atom stereocenters. The fourth-order valence-electron chi connectivity index (χ4n) is 1.38. The Morgan fingerprint density at radius 1 is 1.70 bits per heavy atom. The minimum Gasteiger partial charge on any atom is -0.314 e. The molecule has 2 nitrogen and oxygen atoms in total. The van der Waals surface area contributed by atoms with Gasteiger partial charge in [-0.15, -0.1) is 0 Å². The second-order valence-electron chi connectivity index (χ2n) is 3.14. The summed E-state index contributed by atoms with van der Waals surface area (Å²) in [7, 11) is 0.